The number of alkyl halides is 3. The van der Waals surface area contributed by atoms with Gasteiger partial charge >= 0.3 is 0 Å². The molecule has 0 bridgehead atoms. The molecule has 3 rings (SSSR count). The second kappa shape index (κ2) is 7.61. The highest BCUT2D eigenvalue weighted by molar-refractivity contribution is 5.95. The summed E-state index contributed by atoms with van der Waals surface area (Å²) in [6.45, 7) is 0.476. The molecule has 2 atom stereocenters. The highest BCUT2D eigenvalue weighted by Gasteiger charge is 2.49. The molecule has 150 valence electrons. The molecule has 0 aliphatic carbocycles. The Morgan fingerprint density at radius 3 is 2.79 bits per heavy atom. The maximum atomic E-state index is 14.5. The van der Waals surface area contributed by atoms with Crippen molar-refractivity contribution >= 4 is 11.8 Å². The normalized spacial score (nSPS) is 22.1. The first-order chi connectivity index (χ1) is 13.2. The molecule has 2 aromatic rings. The number of nitrogens with zero attached hydrogens (tertiary/aromatic N) is 2. The molecule has 28 heavy (non-hydrogen) atoms. The molecular weight excluding hydrogens is 382 g/mol. The minimum Gasteiger partial charge on any atom is -0.459 e. The Kier molecular flexibility index (Phi) is 5.39. The highest BCUT2D eigenvalue weighted by Crippen LogP contribution is 2.42. The van der Waals surface area contributed by atoms with Gasteiger partial charge in [-0.2, -0.15) is 0 Å². The molecule has 0 saturated heterocycles. The van der Waals surface area contributed by atoms with Gasteiger partial charge in [-0.25, -0.2) is 27.5 Å². The summed E-state index contributed by atoms with van der Waals surface area (Å²) in [6.07, 6.45) is -4.10. The van der Waals surface area contributed by atoms with Crippen LogP contribution >= 0.6 is 0 Å². The van der Waals surface area contributed by atoms with E-state index in [-0.39, 0.29) is 17.7 Å². The lowest BCUT2D eigenvalue weighted by Gasteiger charge is -2.36. The van der Waals surface area contributed by atoms with Crippen LogP contribution in [-0.4, -0.2) is 36.0 Å². The first kappa shape index (κ1) is 19.8. The van der Waals surface area contributed by atoms with E-state index in [4.69, 9.17) is 14.9 Å². The molecule has 0 fully saturated rings. The Hall–Kier alpha value is -2.91. The third-order valence-electron chi connectivity index (χ3n) is 4.44. The van der Waals surface area contributed by atoms with Gasteiger partial charge in [0.2, 0.25) is 0 Å². The van der Waals surface area contributed by atoms with Crippen LogP contribution in [0.15, 0.2) is 33.9 Å². The molecule has 10 heteroatoms. The number of rotatable bonds is 6. The predicted octanol–water partition coefficient (Wildman–Crippen LogP) is 3.08. The third-order valence-corrected chi connectivity index (χ3v) is 4.44. The van der Waals surface area contributed by atoms with Gasteiger partial charge in [-0.1, -0.05) is 6.07 Å². The number of hydrogen-bond acceptors (Lipinski definition) is 6. The maximum Gasteiger partial charge on any atom is 0.283 e. The number of nitrogens with two attached hydrogens (primary N) is 1. The van der Waals surface area contributed by atoms with Gasteiger partial charge in [0.1, 0.15) is 30.6 Å². The van der Waals surface area contributed by atoms with Crippen molar-refractivity contribution in [2.75, 3.05) is 6.67 Å². The fourth-order valence-corrected chi connectivity index (χ4v) is 3.12. The van der Waals surface area contributed by atoms with Crippen molar-refractivity contribution in [3.63, 3.8) is 0 Å². The topological polar surface area (TPSA) is 90.7 Å². The largest absolute Gasteiger partial charge is 0.459 e. The summed E-state index contributed by atoms with van der Waals surface area (Å²) in [5.74, 6) is -1.11. The smallest absolute Gasteiger partial charge is 0.283 e. The van der Waals surface area contributed by atoms with Gasteiger partial charge in [0, 0.05) is 25.3 Å². The molecule has 1 aliphatic heterocycles. The van der Waals surface area contributed by atoms with Crippen molar-refractivity contribution in [3.8, 4) is 0 Å². The van der Waals surface area contributed by atoms with E-state index in [0.717, 1.165) is 12.1 Å². The number of aliphatic imine (C=N–C) groups is 1. The van der Waals surface area contributed by atoms with Crippen LogP contribution < -0.4 is 5.73 Å². The Bertz CT molecular complexity index is 915. The second-order valence-corrected chi connectivity index (χ2v) is 6.44. The van der Waals surface area contributed by atoms with E-state index in [1.54, 1.807) is 6.92 Å². The summed E-state index contributed by atoms with van der Waals surface area (Å²) in [7, 11) is 0. The molecule has 6 nitrogen and oxygen atoms in total. The molecule has 0 radical (unpaired) electrons. The van der Waals surface area contributed by atoms with Crippen LogP contribution in [0.3, 0.4) is 0 Å². The van der Waals surface area contributed by atoms with Crippen molar-refractivity contribution in [1.82, 2.24) is 4.98 Å². The fraction of sp³-hybridized carbons (Fsp3) is 0.389. The lowest BCUT2D eigenvalue weighted by molar-refractivity contribution is -0.00516. The third kappa shape index (κ3) is 3.71. The minimum atomic E-state index is -3.18. The molecule has 1 aromatic carbocycles. The number of amidine groups is 1. The molecule has 2 heterocycles. The van der Waals surface area contributed by atoms with Gasteiger partial charge in [0.25, 0.3) is 12.4 Å². The summed E-state index contributed by atoms with van der Waals surface area (Å²) in [5, 5.41) is 0. The maximum absolute atomic E-state index is 14.5. The van der Waals surface area contributed by atoms with Gasteiger partial charge in [0.05, 0.1) is 0 Å². The zero-order valence-electron chi connectivity index (χ0n) is 14.8. The summed E-state index contributed by atoms with van der Waals surface area (Å²) >= 11 is 0. The zero-order chi connectivity index (χ0) is 20.5. The highest BCUT2D eigenvalue weighted by atomic mass is 19.3. The number of ketones is 1. The van der Waals surface area contributed by atoms with E-state index in [9.17, 15) is 22.4 Å². The van der Waals surface area contributed by atoms with Crippen molar-refractivity contribution in [3.05, 3.63) is 53.0 Å². The van der Waals surface area contributed by atoms with E-state index >= 15 is 0 Å². The quantitative estimate of drug-likeness (QED) is 0.596. The molecule has 0 saturated carbocycles. The first-order valence-corrected chi connectivity index (χ1v) is 8.35. The number of benzene rings is 1. The zero-order valence-corrected chi connectivity index (χ0v) is 14.8. The van der Waals surface area contributed by atoms with Crippen LogP contribution in [0, 0.1) is 12.7 Å². The fourth-order valence-electron chi connectivity index (χ4n) is 3.12. The molecule has 1 aromatic heterocycles. The van der Waals surface area contributed by atoms with Gasteiger partial charge in [-0.15, -0.1) is 0 Å². The minimum absolute atomic E-state index is 0.0674. The Balaban J connectivity index is 1.99. The number of carbonyl (C=O) groups excluding carboxylic acids is 1. The average Bonchev–Trinajstić information content (AvgIpc) is 3.09. The number of halogens is 4. The molecule has 0 unspecified atom stereocenters. The molecule has 0 spiro atoms. The first-order valence-electron chi connectivity index (χ1n) is 8.35. The summed E-state index contributed by atoms with van der Waals surface area (Å²) in [4.78, 5) is 19.8. The number of oxazole rings is 1. The molecule has 2 N–H and O–H groups in total. The number of aromatic nitrogens is 1. The SMILES string of the molecule is Cc1nc(C(=O)Cc2ccc(F)c([C@]3(C(F)F)C[C@@H](CF)OC(N)=N3)c2)co1. The van der Waals surface area contributed by atoms with E-state index in [1.165, 1.54) is 12.3 Å². The van der Waals surface area contributed by atoms with Crippen LogP contribution in [0.1, 0.15) is 33.9 Å². The molecular formula is C18H17F4N3O3. The lowest BCUT2D eigenvalue weighted by atomic mass is 9.83. The second-order valence-electron chi connectivity index (χ2n) is 6.44. The number of hydrogen-bond donors (Lipinski definition) is 1. The van der Waals surface area contributed by atoms with Crippen molar-refractivity contribution in [1.29, 1.82) is 0 Å². The predicted molar refractivity (Wildman–Crippen MR) is 90.4 cm³/mol. The Morgan fingerprint density at radius 2 is 2.18 bits per heavy atom. The van der Waals surface area contributed by atoms with Gasteiger partial charge in [0.15, 0.2) is 17.2 Å². The van der Waals surface area contributed by atoms with E-state index < -0.39 is 54.3 Å². The van der Waals surface area contributed by atoms with Crippen LogP contribution in [0.2, 0.25) is 0 Å². The number of carbonyl (C=O) groups is 1. The number of ether oxygens (including phenoxy) is 1. The number of aryl methyl sites for hydroxylation is 1. The van der Waals surface area contributed by atoms with Crippen LogP contribution in [-0.2, 0) is 16.7 Å². The monoisotopic (exact) mass is 399 g/mol. The van der Waals surface area contributed by atoms with Gasteiger partial charge in [-0.05, 0) is 17.7 Å². The van der Waals surface area contributed by atoms with Crippen molar-refractivity contribution in [2.24, 2.45) is 10.7 Å². The lowest BCUT2D eigenvalue weighted by Crippen LogP contribution is -2.46. The summed E-state index contributed by atoms with van der Waals surface area (Å²) < 4.78 is 65.4. The van der Waals surface area contributed by atoms with Crippen molar-refractivity contribution in [2.45, 2.75) is 37.8 Å². The number of Topliss-reactive ketones (excluding diaryl/α,β-unsaturated/α-hetero) is 1. The van der Waals surface area contributed by atoms with Gasteiger partial charge < -0.3 is 14.9 Å². The van der Waals surface area contributed by atoms with Crippen molar-refractivity contribution < 1.29 is 31.5 Å². The summed E-state index contributed by atoms with van der Waals surface area (Å²) in [5.41, 5.74) is 2.87. The average molecular weight is 399 g/mol. The van der Waals surface area contributed by atoms with Crippen LogP contribution in [0.4, 0.5) is 17.6 Å². The standard InChI is InChI=1S/C18H17F4N3O3/c1-9-24-14(8-27-9)15(26)5-10-2-3-13(20)12(4-10)18(16(21)22)6-11(7-19)28-17(23)25-18/h2-4,8,11,16H,5-7H2,1H3,(H2,23,25)/t11-,18-/m0/s1. The molecule has 0 amide bonds. The summed E-state index contributed by atoms with van der Waals surface area (Å²) in [6, 6.07) is 2.72. The van der Waals surface area contributed by atoms with Crippen LogP contribution in [0.5, 0.6) is 0 Å². The van der Waals surface area contributed by atoms with Crippen LogP contribution in [0.25, 0.3) is 0 Å². The molecule has 1 aliphatic rings. The van der Waals surface area contributed by atoms with E-state index in [2.05, 4.69) is 9.98 Å². The van der Waals surface area contributed by atoms with E-state index in [0.29, 0.717) is 5.89 Å². The van der Waals surface area contributed by atoms with E-state index in [1.807, 2.05) is 0 Å². The Morgan fingerprint density at radius 1 is 1.43 bits per heavy atom. The Labute approximate surface area is 157 Å². The van der Waals surface area contributed by atoms with Gasteiger partial charge in [-0.3, -0.25) is 4.79 Å².